The Balaban J connectivity index is 1.86. The molecule has 0 spiro atoms. The summed E-state index contributed by atoms with van der Waals surface area (Å²) in [5.74, 6) is 0.477. The minimum Gasteiger partial charge on any atom is -0.353 e. The largest absolute Gasteiger partial charge is 0.353 e. The number of piperazine rings is 1. The molecule has 0 aliphatic carbocycles. The molecule has 0 atom stereocenters. The third-order valence-electron chi connectivity index (χ3n) is 5.02. The van der Waals surface area contributed by atoms with E-state index in [0.29, 0.717) is 32.8 Å². The van der Waals surface area contributed by atoms with E-state index in [1.807, 2.05) is 19.1 Å². The van der Waals surface area contributed by atoms with Gasteiger partial charge in [0.25, 0.3) is 11.5 Å². The number of pyridine rings is 1. The number of fused-ring (bicyclic) bond motifs is 1. The molecule has 2 aromatic heterocycles. The second kappa shape index (κ2) is 7.65. The van der Waals surface area contributed by atoms with Crippen LogP contribution >= 0.6 is 24.0 Å². The second-order valence-electron chi connectivity index (χ2n) is 6.80. The lowest BCUT2D eigenvalue weighted by atomic mass is 10.2. The molecule has 0 saturated carbocycles. The van der Waals surface area contributed by atoms with Crippen LogP contribution in [0.15, 0.2) is 34.1 Å². The fourth-order valence-electron chi connectivity index (χ4n) is 3.38. The first kappa shape index (κ1) is 19.1. The number of nitrogens with zero attached hydrogens (tertiary/aromatic N) is 5. The molecule has 1 amide bonds. The maximum Gasteiger partial charge on any atom is 0.267 e. The van der Waals surface area contributed by atoms with Crippen molar-refractivity contribution < 1.29 is 4.79 Å². The SMILES string of the molecule is CCN1C(=O)/C(=C/c2c(N3CCN(C)CC3)nc3ccccn3c2=O)SC1=S. The van der Waals surface area contributed by atoms with Crippen LogP contribution in [0.4, 0.5) is 5.82 Å². The number of likely N-dealkylation sites (N-methyl/N-ethyl adjacent to an activating group) is 2. The minimum absolute atomic E-state index is 0.153. The molecule has 2 aliphatic heterocycles. The van der Waals surface area contributed by atoms with Crippen molar-refractivity contribution in [3.05, 3.63) is 45.2 Å². The normalized spacial score (nSPS) is 20.0. The molecule has 0 unspecified atom stereocenters. The lowest BCUT2D eigenvalue weighted by Gasteiger charge is -2.34. The maximum absolute atomic E-state index is 13.3. The van der Waals surface area contributed by atoms with Crippen molar-refractivity contribution >= 4 is 51.7 Å². The molecule has 4 rings (SSSR count). The molecule has 28 heavy (non-hydrogen) atoms. The first-order chi connectivity index (χ1) is 13.5. The quantitative estimate of drug-likeness (QED) is 0.558. The number of amides is 1. The Morgan fingerprint density at radius 2 is 1.96 bits per heavy atom. The maximum atomic E-state index is 13.3. The van der Waals surface area contributed by atoms with Crippen LogP contribution in [0.1, 0.15) is 12.5 Å². The van der Waals surface area contributed by atoms with E-state index in [-0.39, 0.29) is 11.5 Å². The topological polar surface area (TPSA) is 61.2 Å². The Labute approximate surface area is 172 Å². The molecule has 9 heteroatoms. The summed E-state index contributed by atoms with van der Waals surface area (Å²) in [7, 11) is 2.08. The molecular weight excluding hydrogens is 394 g/mol. The highest BCUT2D eigenvalue weighted by Crippen LogP contribution is 2.33. The predicted octanol–water partition coefficient (Wildman–Crippen LogP) is 1.67. The Kier molecular flexibility index (Phi) is 5.22. The van der Waals surface area contributed by atoms with Gasteiger partial charge in [0, 0.05) is 38.9 Å². The smallest absolute Gasteiger partial charge is 0.267 e. The summed E-state index contributed by atoms with van der Waals surface area (Å²) >= 11 is 6.54. The summed E-state index contributed by atoms with van der Waals surface area (Å²) in [6, 6.07) is 5.48. The number of thiocarbonyl (C=S) groups is 1. The average Bonchev–Trinajstić information content (AvgIpc) is 2.97. The van der Waals surface area contributed by atoms with Crippen molar-refractivity contribution in [1.82, 2.24) is 19.2 Å². The van der Waals surface area contributed by atoms with Crippen LogP contribution in [0.2, 0.25) is 0 Å². The Morgan fingerprint density at radius 1 is 1.21 bits per heavy atom. The zero-order valence-corrected chi connectivity index (χ0v) is 17.4. The van der Waals surface area contributed by atoms with E-state index in [0.717, 1.165) is 26.2 Å². The van der Waals surface area contributed by atoms with Crippen LogP contribution in [-0.2, 0) is 4.79 Å². The van der Waals surface area contributed by atoms with E-state index in [1.165, 1.54) is 16.2 Å². The van der Waals surface area contributed by atoms with Gasteiger partial charge in [0.05, 0.1) is 10.5 Å². The van der Waals surface area contributed by atoms with E-state index in [2.05, 4.69) is 16.8 Å². The van der Waals surface area contributed by atoms with Crippen LogP contribution in [0.3, 0.4) is 0 Å². The van der Waals surface area contributed by atoms with Crippen molar-refractivity contribution in [3.63, 3.8) is 0 Å². The van der Waals surface area contributed by atoms with Gasteiger partial charge < -0.3 is 9.80 Å². The molecule has 0 N–H and O–H groups in total. The fourth-order valence-corrected chi connectivity index (χ4v) is 4.75. The lowest BCUT2D eigenvalue weighted by Crippen LogP contribution is -2.45. The Bertz CT molecular complexity index is 1040. The summed E-state index contributed by atoms with van der Waals surface area (Å²) < 4.78 is 2.04. The van der Waals surface area contributed by atoms with Crippen LogP contribution in [-0.4, -0.2) is 69.2 Å². The third-order valence-corrected chi connectivity index (χ3v) is 6.39. The van der Waals surface area contributed by atoms with Crippen LogP contribution < -0.4 is 10.5 Å². The molecule has 7 nitrogen and oxygen atoms in total. The monoisotopic (exact) mass is 415 g/mol. The molecule has 2 aromatic rings. The highest BCUT2D eigenvalue weighted by atomic mass is 32.2. The molecular formula is C19H21N5O2S2. The Morgan fingerprint density at radius 3 is 2.64 bits per heavy atom. The van der Waals surface area contributed by atoms with Gasteiger partial charge >= 0.3 is 0 Å². The number of rotatable bonds is 3. The summed E-state index contributed by atoms with van der Waals surface area (Å²) in [5, 5.41) is 0. The van der Waals surface area contributed by atoms with Gasteiger partial charge in [-0.1, -0.05) is 30.0 Å². The molecule has 0 bridgehead atoms. The fraction of sp³-hybridized carbons (Fsp3) is 0.368. The van der Waals surface area contributed by atoms with Gasteiger partial charge in [-0.3, -0.25) is 18.9 Å². The van der Waals surface area contributed by atoms with Crippen molar-refractivity contribution in [2.24, 2.45) is 0 Å². The highest BCUT2D eigenvalue weighted by Gasteiger charge is 2.32. The first-order valence-electron chi connectivity index (χ1n) is 9.20. The van der Waals surface area contributed by atoms with Crippen molar-refractivity contribution in [2.45, 2.75) is 6.92 Å². The van der Waals surface area contributed by atoms with Gasteiger partial charge in [0.15, 0.2) is 0 Å². The number of hydrogen-bond acceptors (Lipinski definition) is 7. The minimum atomic E-state index is -0.179. The van der Waals surface area contributed by atoms with Gasteiger partial charge in [0.2, 0.25) is 0 Å². The number of carbonyl (C=O) groups is 1. The van der Waals surface area contributed by atoms with Crippen molar-refractivity contribution in [3.8, 4) is 0 Å². The standard InChI is InChI=1S/C19H21N5O2S2/c1-3-23-18(26)14(28-19(23)27)12-13-16(22-10-8-21(2)9-11-22)20-15-6-4-5-7-24(15)17(13)25/h4-7,12H,3,8-11H2,1-2H3/b14-12-. The second-order valence-corrected chi connectivity index (χ2v) is 8.48. The van der Waals surface area contributed by atoms with Gasteiger partial charge in [-0.2, -0.15) is 0 Å². The number of thioether (sulfide) groups is 1. The number of carbonyl (C=O) groups excluding carboxylic acids is 1. The number of anilines is 1. The average molecular weight is 416 g/mol. The van der Waals surface area contributed by atoms with E-state index >= 15 is 0 Å². The molecule has 0 radical (unpaired) electrons. The highest BCUT2D eigenvalue weighted by molar-refractivity contribution is 8.26. The zero-order chi connectivity index (χ0) is 19.8. The first-order valence-corrected chi connectivity index (χ1v) is 10.4. The summed E-state index contributed by atoms with van der Waals surface area (Å²) in [6.45, 7) is 5.75. The lowest BCUT2D eigenvalue weighted by molar-refractivity contribution is -0.121. The molecule has 2 saturated heterocycles. The van der Waals surface area contributed by atoms with E-state index in [4.69, 9.17) is 17.2 Å². The van der Waals surface area contributed by atoms with Gasteiger partial charge in [-0.05, 0) is 32.2 Å². The molecule has 2 aliphatic rings. The third kappa shape index (κ3) is 3.34. The zero-order valence-electron chi connectivity index (χ0n) is 15.8. The van der Waals surface area contributed by atoms with Crippen LogP contribution in [0, 0.1) is 0 Å². The molecule has 2 fully saturated rings. The van der Waals surface area contributed by atoms with Gasteiger partial charge in [-0.25, -0.2) is 4.98 Å². The predicted molar refractivity (Wildman–Crippen MR) is 117 cm³/mol. The van der Waals surface area contributed by atoms with E-state index < -0.39 is 0 Å². The molecule has 0 aromatic carbocycles. The number of hydrogen-bond donors (Lipinski definition) is 0. The van der Waals surface area contributed by atoms with Gasteiger partial charge in [0.1, 0.15) is 15.8 Å². The van der Waals surface area contributed by atoms with Gasteiger partial charge in [-0.15, -0.1) is 0 Å². The van der Waals surface area contributed by atoms with E-state index in [1.54, 1.807) is 23.2 Å². The van der Waals surface area contributed by atoms with Crippen molar-refractivity contribution in [1.29, 1.82) is 0 Å². The van der Waals surface area contributed by atoms with Crippen molar-refractivity contribution in [2.75, 3.05) is 44.7 Å². The van der Waals surface area contributed by atoms with Crippen LogP contribution in [0.5, 0.6) is 0 Å². The summed E-state index contributed by atoms with van der Waals surface area (Å²) in [6.07, 6.45) is 3.37. The van der Waals surface area contributed by atoms with E-state index in [9.17, 15) is 9.59 Å². The summed E-state index contributed by atoms with van der Waals surface area (Å²) in [5.41, 5.74) is 0.853. The molecule has 146 valence electrons. The summed E-state index contributed by atoms with van der Waals surface area (Å²) in [4.78, 5) is 37.1. The number of aromatic nitrogens is 2. The van der Waals surface area contributed by atoms with Crippen LogP contribution in [0.25, 0.3) is 11.7 Å². The molecule has 4 heterocycles. The Hall–Kier alpha value is -2.23.